The first kappa shape index (κ1) is 15.9. The molecule has 1 aliphatic rings. The van der Waals surface area contributed by atoms with Gasteiger partial charge in [0, 0.05) is 29.9 Å². The molecule has 1 amide bonds. The van der Waals surface area contributed by atoms with Gasteiger partial charge in [0.2, 0.25) is 5.91 Å². The molecule has 8 nitrogen and oxygen atoms in total. The predicted octanol–water partition coefficient (Wildman–Crippen LogP) is 2.28. The molecule has 0 unspecified atom stereocenters. The topological polar surface area (TPSA) is 118 Å². The fraction of sp³-hybridized carbons (Fsp3) is 0.133. The van der Waals surface area contributed by atoms with E-state index in [2.05, 4.69) is 10.0 Å². The van der Waals surface area contributed by atoms with Crippen LogP contribution in [-0.2, 0) is 21.2 Å². The molecule has 3 rings (SSSR count). The molecule has 0 atom stereocenters. The predicted molar refractivity (Wildman–Crippen MR) is 87.3 cm³/mol. The van der Waals surface area contributed by atoms with Crippen LogP contribution in [-0.4, -0.2) is 19.2 Å². The highest BCUT2D eigenvalue weighted by atomic mass is 32.2. The number of sulfonamides is 1. The minimum atomic E-state index is -3.95. The van der Waals surface area contributed by atoms with E-state index in [-0.39, 0.29) is 16.5 Å². The number of anilines is 2. The number of nitrogens with zero attached hydrogens (tertiary/aromatic N) is 1. The lowest BCUT2D eigenvalue weighted by atomic mass is 10.0. The Morgan fingerprint density at radius 3 is 2.67 bits per heavy atom. The standard InChI is InChI=1S/C15H13N3O5S/c19-15-7-4-10-8-11(5-6-14(10)16-15)17-24(22,23)13-3-1-2-12(9-13)18(20)21/h1-3,5-6,8-9,17H,4,7H2,(H,16,19). The monoisotopic (exact) mass is 347 g/mol. The van der Waals surface area contributed by atoms with Gasteiger partial charge in [-0.2, -0.15) is 0 Å². The Labute approximate surface area is 137 Å². The molecule has 0 fully saturated rings. The minimum absolute atomic E-state index is 0.0765. The highest BCUT2D eigenvalue weighted by molar-refractivity contribution is 7.92. The van der Waals surface area contributed by atoms with Crippen molar-refractivity contribution in [3.63, 3.8) is 0 Å². The van der Waals surface area contributed by atoms with E-state index in [1.54, 1.807) is 12.1 Å². The summed E-state index contributed by atoms with van der Waals surface area (Å²) in [6.07, 6.45) is 0.863. The van der Waals surface area contributed by atoms with Crippen molar-refractivity contribution in [2.24, 2.45) is 0 Å². The number of rotatable bonds is 4. The van der Waals surface area contributed by atoms with Crippen LogP contribution >= 0.6 is 0 Å². The van der Waals surface area contributed by atoms with E-state index in [4.69, 9.17) is 0 Å². The smallest absolute Gasteiger partial charge is 0.270 e. The molecule has 0 spiro atoms. The second kappa shape index (κ2) is 5.93. The van der Waals surface area contributed by atoms with Crippen LogP contribution in [0.2, 0.25) is 0 Å². The maximum absolute atomic E-state index is 12.4. The Balaban J connectivity index is 1.89. The van der Waals surface area contributed by atoms with Crippen LogP contribution in [0.25, 0.3) is 0 Å². The SMILES string of the molecule is O=C1CCc2cc(NS(=O)(=O)c3cccc([N+](=O)[O-])c3)ccc2N1. The summed E-state index contributed by atoms with van der Waals surface area (Å²) in [6.45, 7) is 0. The van der Waals surface area contributed by atoms with Gasteiger partial charge in [-0.25, -0.2) is 8.42 Å². The van der Waals surface area contributed by atoms with Crippen LogP contribution in [0.4, 0.5) is 17.1 Å². The summed E-state index contributed by atoms with van der Waals surface area (Å²) in [5, 5.41) is 13.5. The van der Waals surface area contributed by atoms with E-state index in [9.17, 15) is 23.3 Å². The molecular weight excluding hydrogens is 334 g/mol. The summed E-state index contributed by atoms with van der Waals surface area (Å²) >= 11 is 0. The maximum Gasteiger partial charge on any atom is 0.270 e. The van der Waals surface area contributed by atoms with Gasteiger partial charge in [0.05, 0.1) is 9.82 Å². The summed E-state index contributed by atoms with van der Waals surface area (Å²) in [6, 6.07) is 9.62. The second-order valence-electron chi connectivity index (χ2n) is 5.28. The molecular formula is C15H13N3O5S. The van der Waals surface area contributed by atoms with Crippen molar-refractivity contribution in [1.82, 2.24) is 0 Å². The second-order valence-corrected chi connectivity index (χ2v) is 6.96. The molecule has 2 N–H and O–H groups in total. The Hall–Kier alpha value is -2.94. The number of nitro benzene ring substituents is 1. The Morgan fingerprint density at radius 2 is 1.92 bits per heavy atom. The van der Waals surface area contributed by atoms with Gasteiger partial charge in [0.25, 0.3) is 15.7 Å². The van der Waals surface area contributed by atoms with E-state index in [1.165, 1.54) is 24.3 Å². The molecule has 9 heteroatoms. The zero-order valence-corrected chi connectivity index (χ0v) is 13.2. The number of hydrogen-bond acceptors (Lipinski definition) is 5. The number of nitro groups is 1. The summed E-state index contributed by atoms with van der Waals surface area (Å²) in [5.74, 6) is -0.0765. The van der Waals surface area contributed by atoms with Crippen molar-refractivity contribution in [2.75, 3.05) is 10.0 Å². The van der Waals surface area contributed by atoms with Gasteiger partial charge < -0.3 is 5.32 Å². The largest absolute Gasteiger partial charge is 0.326 e. The van der Waals surface area contributed by atoms with Crippen LogP contribution in [0.1, 0.15) is 12.0 Å². The fourth-order valence-electron chi connectivity index (χ4n) is 2.43. The van der Waals surface area contributed by atoms with E-state index in [0.29, 0.717) is 24.2 Å². The Bertz CT molecular complexity index is 940. The molecule has 0 bridgehead atoms. The lowest BCUT2D eigenvalue weighted by molar-refractivity contribution is -0.385. The number of hydrogen-bond donors (Lipinski definition) is 2. The summed E-state index contributed by atoms with van der Waals surface area (Å²) in [7, 11) is -3.95. The number of carbonyl (C=O) groups is 1. The summed E-state index contributed by atoms with van der Waals surface area (Å²) < 4.78 is 27.2. The zero-order chi connectivity index (χ0) is 17.3. The van der Waals surface area contributed by atoms with Crippen molar-refractivity contribution in [3.05, 3.63) is 58.1 Å². The lowest BCUT2D eigenvalue weighted by Gasteiger charge is -2.18. The van der Waals surface area contributed by atoms with Crippen molar-refractivity contribution in [3.8, 4) is 0 Å². The Morgan fingerprint density at radius 1 is 1.12 bits per heavy atom. The van der Waals surface area contributed by atoms with Crippen LogP contribution in [0.15, 0.2) is 47.4 Å². The van der Waals surface area contributed by atoms with Crippen LogP contribution in [0, 0.1) is 10.1 Å². The summed E-state index contributed by atoms with van der Waals surface area (Å²) in [4.78, 5) is 21.3. The van der Waals surface area contributed by atoms with Crippen molar-refractivity contribution in [1.29, 1.82) is 0 Å². The van der Waals surface area contributed by atoms with E-state index in [0.717, 1.165) is 11.6 Å². The molecule has 2 aromatic carbocycles. The normalized spacial score (nSPS) is 13.8. The van der Waals surface area contributed by atoms with E-state index >= 15 is 0 Å². The molecule has 0 aromatic heterocycles. The van der Waals surface area contributed by atoms with Crippen LogP contribution < -0.4 is 10.0 Å². The van der Waals surface area contributed by atoms with E-state index < -0.39 is 14.9 Å². The summed E-state index contributed by atoms with van der Waals surface area (Å²) in [5.41, 5.74) is 1.51. The van der Waals surface area contributed by atoms with Gasteiger partial charge in [-0.15, -0.1) is 0 Å². The first-order chi connectivity index (χ1) is 11.3. The molecule has 24 heavy (non-hydrogen) atoms. The molecule has 0 saturated carbocycles. The third kappa shape index (κ3) is 3.20. The number of fused-ring (bicyclic) bond motifs is 1. The number of nitrogens with one attached hydrogen (secondary N) is 2. The number of non-ortho nitro benzene ring substituents is 1. The van der Waals surface area contributed by atoms with Gasteiger partial charge in [-0.05, 0) is 36.2 Å². The molecule has 0 aliphatic carbocycles. The minimum Gasteiger partial charge on any atom is -0.326 e. The molecule has 1 heterocycles. The quantitative estimate of drug-likeness (QED) is 0.650. The first-order valence-electron chi connectivity index (χ1n) is 7.05. The van der Waals surface area contributed by atoms with Crippen molar-refractivity contribution >= 4 is 33.0 Å². The average molecular weight is 347 g/mol. The van der Waals surface area contributed by atoms with Crippen LogP contribution in [0.3, 0.4) is 0 Å². The average Bonchev–Trinajstić information content (AvgIpc) is 2.55. The number of amides is 1. The number of aryl methyl sites for hydroxylation is 1. The first-order valence-corrected chi connectivity index (χ1v) is 8.53. The molecule has 0 radical (unpaired) electrons. The lowest BCUT2D eigenvalue weighted by Crippen LogP contribution is -2.19. The fourth-order valence-corrected chi connectivity index (χ4v) is 3.51. The number of carbonyl (C=O) groups excluding carboxylic acids is 1. The van der Waals surface area contributed by atoms with Gasteiger partial charge in [0.1, 0.15) is 0 Å². The van der Waals surface area contributed by atoms with Crippen LogP contribution in [0.5, 0.6) is 0 Å². The Kier molecular flexibility index (Phi) is 3.94. The van der Waals surface area contributed by atoms with Gasteiger partial charge >= 0.3 is 0 Å². The highest BCUT2D eigenvalue weighted by Crippen LogP contribution is 2.27. The molecule has 1 aliphatic heterocycles. The molecule has 0 saturated heterocycles. The number of benzene rings is 2. The van der Waals surface area contributed by atoms with E-state index in [1.807, 2.05) is 0 Å². The highest BCUT2D eigenvalue weighted by Gasteiger charge is 2.19. The van der Waals surface area contributed by atoms with Gasteiger partial charge in [-0.1, -0.05) is 6.07 Å². The van der Waals surface area contributed by atoms with Gasteiger partial charge in [0.15, 0.2) is 0 Å². The third-order valence-electron chi connectivity index (χ3n) is 3.59. The molecule has 2 aromatic rings. The maximum atomic E-state index is 12.4. The zero-order valence-electron chi connectivity index (χ0n) is 12.4. The van der Waals surface area contributed by atoms with Crippen molar-refractivity contribution < 1.29 is 18.1 Å². The molecule has 124 valence electrons. The van der Waals surface area contributed by atoms with Gasteiger partial charge in [-0.3, -0.25) is 19.6 Å². The third-order valence-corrected chi connectivity index (χ3v) is 4.97. The van der Waals surface area contributed by atoms with Crippen molar-refractivity contribution in [2.45, 2.75) is 17.7 Å².